The van der Waals surface area contributed by atoms with Crippen molar-refractivity contribution in [3.63, 3.8) is 0 Å². The molecule has 0 aliphatic rings. The number of pyridine rings is 1. The predicted octanol–water partition coefficient (Wildman–Crippen LogP) is 3.76. The number of anilines is 1. The second-order valence-electron chi connectivity index (χ2n) is 5.52. The lowest BCUT2D eigenvalue weighted by Gasteiger charge is -2.10. The second-order valence-corrected chi connectivity index (χ2v) is 5.52. The van der Waals surface area contributed by atoms with Gasteiger partial charge in [-0.3, -0.25) is 0 Å². The average molecular weight is 306 g/mol. The Labute approximate surface area is 134 Å². The molecule has 0 unspecified atom stereocenters. The lowest BCUT2D eigenvalue weighted by Crippen LogP contribution is -2.05. The number of nitrogens with one attached hydrogen (secondary N) is 1. The molecule has 2 aromatic heterocycles. The molecule has 2 heterocycles. The Balaban J connectivity index is 1.71. The first-order valence-corrected chi connectivity index (χ1v) is 7.64. The molecule has 116 valence electrons. The summed E-state index contributed by atoms with van der Waals surface area (Å²) in [6, 6.07) is 11.8. The molecule has 0 spiro atoms. The topological polar surface area (TPSA) is 74.7 Å². The fourth-order valence-corrected chi connectivity index (χ4v) is 2.73. The highest BCUT2D eigenvalue weighted by Crippen LogP contribution is 2.23. The smallest absolute Gasteiger partial charge is 0.143 e. The minimum atomic E-state index is 0.428. The minimum absolute atomic E-state index is 0.428. The molecule has 23 heavy (non-hydrogen) atoms. The largest absolute Gasteiger partial charge is 0.384 e. The van der Waals surface area contributed by atoms with Gasteiger partial charge in [0.25, 0.3) is 0 Å². The monoisotopic (exact) mass is 306 g/mol. The molecule has 1 N–H and O–H groups in total. The highest BCUT2D eigenvalue weighted by molar-refractivity contribution is 5.91. The highest BCUT2D eigenvalue weighted by atomic mass is 16.5. The van der Waals surface area contributed by atoms with Crippen molar-refractivity contribution in [3.05, 3.63) is 53.0 Å². The van der Waals surface area contributed by atoms with Crippen LogP contribution >= 0.6 is 0 Å². The van der Waals surface area contributed by atoms with Crippen LogP contribution in [0, 0.1) is 25.2 Å². The van der Waals surface area contributed by atoms with E-state index in [4.69, 9.17) is 9.78 Å². The summed E-state index contributed by atoms with van der Waals surface area (Å²) in [5.74, 6) is 0.892. The Bertz CT molecular complexity index is 857. The van der Waals surface area contributed by atoms with Crippen LogP contribution < -0.4 is 5.32 Å². The van der Waals surface area contributed by atoms with Crippen LogP contribution in [0.25, 0.3) is 10.9 Å². The Hall–Kier alpha value is -2.87. The summed E-state index contributed by atoms with van der Waals surface area (Å²) < 4.78 is 5.18. The van der Waals surface area contributed by atoms with Gasteiger partial charge in [-0.25, -0.2) is 4.98 Å². The van der Waals surface area contributed by atoms with Crippen molar-refractivity contribution in [2.24, 2.45) is 0 Å². The van der Waals surface area contributed by atoms with E-state index in [2.05, 4.69) is 21.5 Å². The summed E-state index contributed by atoms with van der Waals surface area (Å²) in [6.07, 6.45) is 1.88. The molecule has 5 heteroatoms. The quantitative estimate of drug-likeness (QED) is 0.726. The molecule has 0 atom stereocenters. The number of hydrogen-bond acceptors (Lipinski definition) is 5. The summed E-state index contributed by atoms with van der Waals surface area (Å²) in [5.41, 5.74) is 4.36. The number of para-hydroxylation sites is 1. The van der Waals surface area contributed by atoms with Crippen LogP contribution in [0.15, 0.2) is 34.9 Å². The Kier molecular flexibility index (Phi) is 4.24. The Morgan fingerprint density at radius 2 is 2.09 bits per heavy atom. The number of nitrogens with zero attached hydrogens (tertiary/aromatic N) is 3. The van der Waals surface area contributed by atoms with Crippen LogP contribution in [0.1, 0.15) is 29.1 Å². The van der Waals surface area contributed by atoms with Crippen LogP contribution in [-0.2, 0) is 6.42 Å². The molecule has 0 aliphatic carbocycles. The van der Waals surface area contributed by atoms with E-state index in [0.717, 1.165) is 47.4 Å². The zero-order valence-corrected chi connectivity index (χ0v) is 13.3. The summed E-state index contributed by atoms with van der Waals surface area (Å²) in [4.78, 5) is 4.32. The predicted molar refractivity (Wildman–Crippen MR) is 89.2 cm³/mol. The summed E-state index contributed by atoms with van der Waals surface area (Å²) in [7, 11) is 0. The molecule has 0 radical (unpaired) electrons. The normalized spacial score (nSPS) is 10.7. The van der Waals surface area contributed by atoms with Crippen LogP contribution in [0.3, 0.4) is 0 Å². The van der Waals surface area contributed by atoms with Gasteiger partial charge in [-0.05, 0) is 38.8 Å². The van der Waals surface area contributed by atoms with Gasteiger partial charge in [-0.15, -0.1) is 0 Å². The standard InChI is InChI=1S/C18H18N4O/c1-12-15(13(2)23-22-12)7-5-9-20-18-10-14(11-19)21-17-8-4-3-6-16(17)18/h3-4,6,8,10H,5,7,9H2,1-2H3,(H,20,21). The van der Waals surface area contributed by atoms with E-state index in [1.807, 2.05) is 38.1 Å². The Morgan fingerprint density at radius 1 is 1.26 bits per heavy atom. The number of fused-ring (bicyclic) bond motifs is 1. The Morgan fingerprint density at radius 3 is 2.83 bits per heavy atom. The maximum Gasteiger partial charge on any atom is 0.143 e. The molecule has 0 fully saturated rings. The molecule has 0 amide bonds. The first-order chi connectivity index (χ1) is 11.2. The van der Waals surface area contributed by atoms with E-state index in [-0.39, 0.29) is 0 Å². The van der Waals surface area contributed by atoms with Crippen LogP contribution in [0.5, 0.6) is 0 Å². The van der Waals surface area contributed by atoms with E-state index in [1.165, 1.54) is 5.56 Å². The van der Waals surface area contributed by atoms with E-state index in [0.29, 0.717) is 5.69 Å². The molecule has 0 aliphatic heterocycles. The van der Waals surface area contributed by atoms with Crippen molar-refractivity contribution in [2.45, 2.75) is 26.7 Å². The van der Waals surface area contributed by atoms with E-state index in [1.54, 1.807) is 6.07 Å². The first-order valence-electron chi connectivity index (χ1n) is 7.64. The fraction of sp³-hybridized carbons (Fsp3) is 0.278. The summed E-state index contributed by atoms with van der Waals surface area (Å²) in [6.45, 7) is 4.72. The van der Waals surface area contributed by atoms with Gasteiger partial charge in [0.15, 0.2) is 0 Å². The van der Waals surface area contributed by atoms with Gasteiger partial charge < -0.3 is 9.84 Å². The van der Waals surface area contributed by atoms with Gasteiger partial charge in [0.2, 0.25) is 0 Å². The molecule has 3 aromatic rings. The van der Waals surface area contributed by atoms with E-state index < -0.39 is 0 Å². The van der Waals surface area contributed by atoms with E-state index >= 15 is 0 Å². The average Bonchev–Trinajstić information content (AvgIpc) is 2.89. The molecular weight excluding hydrogens is 288 g/mol. The summed E-state index contributed by atoms with van der Waals surface area (Å²) >= 11 is 0. The van der Waals surface area contributed by atoms with Crippen molar-refractivity contribution >= 4 is 16.6 Å². The van der Waals surface area contributed by atoms with Crippen molar-refractivity contribution in [1.82, 2.24) is 10.1 Å². The van der Waals surface area contributed by atoms with Gasteiger partial charge in [0.05, 0.1) is 11.2 Å². The van der Waals surface area contributed by atoms with Gasteiger partial charge in [0.1, 0.15) is 17.5 Å². The SMILES string of the molecule is Cc1noc(C)c1CCCNc1cc(C#N)nc2ccccc12. The number of aromatic nitrogens is 2. The van der Waals surface area contributed by atoms with Crippen LogP contribution in [0.2, 0.25) is 0 Å². The number of aryl methyl sites for hydroxylation is 2. The summed E-state index contributed by atoms with van der Waals surface area (Å²) in [5, 5.41) is 17.6. The molecular formula is C18H18N4O. The minimum Gasteiger partial charge on any atom is -0.384 e. The molecule has 0 bridgehead atoms. The zero-order valence-electron chi connectivity index (χ0n) is 13.3. The number of hydrogen-bond donors (Lipinski definition) is 1. The zero-order chi connectivity index (χ0) is 16.2. The number of benzene rings is 1. The van der Waals surface area contributed by atoms with Gasteiger partial charge in [0, 0.05) is 23.2 Å². The third-order valence-corrected chi connectivity index (χ3v) is 3.93. The van der Waals surface area contributed by atoms with Crippen molar-refractivity contribution < 1.29 is 4.52 Å². The maximum absolute atomic E-state index is 9.12. The molecule has 0 saturated carbocycles. The number of rotatable bonds is 5. The van der Waals surface area contributed by atoms with Gasteiger partial charge in [-0.2, -0.15) is 5.26 Å². The van der Waals surface area contributed by atoms with Gasteiger partial charge in [-0.1, -0.05) is 23.4 Å². The maximum atomic E-state index is 9.12. The fourth-order valence-electron chi connectivity index (χ4n) is 2.73. The van der Waals surface area contributed by atoms with Crippen molar-refractivity contribution in [1.29, 1.82) is 5.26 Å². The third-order valence-electron chi connectivity index (χ3n) is 3.93. The number of nitriles is 1. The van der Waals surface area contributed by atoms with Crippen molar-refractivity contribution in [3.8, 4) is 6.07 Å². The second kappa shape index (κ2) is 6.49. The third kappa shape index (κ3) is 3.16. The molecule has 0 saturated heterocycles. The van der Waals surface area contributed by atoms with Crippen LogP contribution in [0.4, 0.5) is 5.69 Å². The molecule has 1 aromatic carbocycles. The molecule has 3 rings (SSSR count). The van der Waals surface area contributed by atoms with Crippen molar-refractivity contribution in [2.75, 3.05) is 11.9 Å². The van der Waals surface area contributed by atoms with Gasteiger partial charge >= 0.3 is 0 Å². The highest BCUT2D eigenvalue weighted by Gasteiger charge is 2.09. The van der Waals surface area contributed by atoms with Crippen LogP contribution in [-0.4, -0.2) is 16.7 Å². The van der Waals surface area contributed by atoms with E-state index in [9.17, 15) is 0 Å². The molecule has 5 nitrogen and oxygen atoms in total. The first kappa shape index (κ1) is 15.0. The lowest BCUT2D eigenvalue weighted by atomic mass is 10.1. The lowest BCUT2D eigenvalue weighted by molar-refractivity contribution is 0.392.